The van der Waals surface area contributed by atoms with Crippen molar-refractivity contribution >= 4 is 16.8 Å². The first-order chi connectivity index (χ1) is 13.1. The van der Waals surface area contributed by atoms with Gasteiger partial charge in [0.2, 0.25) is 5.91 Å². The van der Waals surface area contributed by atoms with Crippen LogP contribution in [-0.2, 0) is 11.3 Å². The zero-order valence-corrected chi connectivity index (χ0v) is 15.4. The summed E-state index contributed by atoms with van der Waals surface area (Å²) in [7, 11) is 0. The van der Waals surface area contributed by atoms with Crippen LogP contribution in [0.15, 0.2) is 41.5 Å². The van der Waals surface area contributed by atoms with Gasteiger partial charge in [-0.25, -0.2) is 0 Å². The molecule has 3 aromatic heterocycles. The highest BCUT2D eigenvalue weighted by molar-refractivity contribution is 5.78. The Morgan fingerprint density at radius 2 is 2.11 bits per heavy atom. The van der Waals surface area contributed by atoms with Gasteiger partial charge in [-0.15, -0.1) is 0 Å². The second-order valence-electron chi connectivity index (χ2n) is 7.12. The molecule has 0 bridgehead atoms. The van der Waals surface area contributed by atoms with Gasteiger partial charge in [0, 0.05) is 55.4 Å². The topological polar surface area (TPSA) is 83.9 Å². The Morgan fingerprint density at radius 3 is 2.85 bits per heavy atom. The van der Waals surface area contributed by atoms with Crippen molar-refractivity contribution in [3.8, 4) is 0 Å². The molecule has 1 N–H and O–H groups in total. The summed E-state index contributed by atoms with van der Waals surface area (Å²) < 4.78 is 1.81. The Labute approximate surface area is 157 Å². The zero-order valence-electron chi connectivity index (χ0n) is 15.4. The molecule has 140 valence electrons. The monoisotopic (exact) mass is 365 g/mol. The Kier molecular flexibility index (Phi) is 4.75. The average Bonchev–Trinajstić information content (AvgIpc) is 3.11. The maximum absolute atomic E-state index is 12.5. The predicted molar refractivity (Wildman–Crippen MR) is 102 cm³/mol. The van der Waals surface area contributed by atoms with Gasteiger partial charge in [-0.2, -0.15) is 5.10 Å². The van der Waals surface area contributed by atoms with Gasteiger partial charge in [-0.1, -0.05) is 6.07 Å². The standard InChI is InChI=1S/C20H23N5O2/c1-14-4-11-25(23-14)12-7-18(26)24-9-5-15(6-10-24)17-13-16-3-2-8-21-19(16)20(27)22-17/h2-4,8,11,13,15H,5-7,9-10,12H2,1H3,(H,22,27). The van der Waals surface area contributed by atoms with Crippen molar-refractivity contribution in [3.05, 3.63) is 58.4 Å². The fraction of sp³-hybridized carbons (Fsp3) is 0.400. The van der Waals surface area contributed by atoms with Crippen LogP contribution in [0.2, 0.25) is 0 Å². The van der Waals surface area contributed by atoms with E-state index < -0.39 is 0 Å². The number of carbonyl (C=O) groups excluding carboxylic acids is 1. The number of nitrogens with one attached hydrogen (secondary N) is 1. The van der Waals surface area contributed by atoms with E-state index in [-0.39, 0.29) is 17.4 Å². The smallest absolute Gasteiger partial charge is 0.274 e. The lowest BCUT2D eigenvalue weighted by Gasteiger charge is -2.32. The molecule has 1 aliphatic heterocycles. The summed E-state index contributed by atoms with van der Waals surface area (Å²) in [6, 6.07) is 7.71. The Bertz CT molecular complexity index is 1010. The first kappa shape index (κ1) is 17.5. The molecule has 1 aliphatic rings. The van der Waals surface area contributed by atoms with Crippen LogP contribution >= 0.6 is 0 Å². The third-order valence-electron chi connectivity index (χ3n) is 5.24. The molecule has 0 unspecified atom stereocenters. The van der Waals surface area contributed by atoms with E-state index in [1.165, 1.54) is 0 Å². The van der Waals surface area contributed by atoms with E-state index in [9.17, 15) is 9.59 Å². The third-order valence-corrected chi connectivity index (χ3v) is 5.24. The number of fused-ring (bicyclic) bond motifs is 1. The van der Waals surface area contributed by atoms with Gasteiger partial charge >= 0.3 is 0 Å². The number of hydrogen-bond acceptors (Lipinski definition) is 4. The molecule has 1 saturated heterocycles. The molecule has 0 radical (unpaired) electrons. The van der Waals surface area contributed by atoms with Crippen LogP contribution in [0.1, 0.15) is 36.6 Å². The van der Waals surface area contributed by atoms with Crippen molar-refractivity contribution in [1.29, 1.82) is 0 Å². The maximum atomic E-state index is 12.5. The molecule has 7 nitrogen and oxygen atoms in total. The fourth-order valence-electron chi connectivity index (χ4n) is 3.73. The molecule has 0 atom stereocenters. The normalized spacial score (nSPS) is 15.4. The lowest BCUT2D eigenvalue weighted by molar-refractivity contribution is -0.132. The molecule has 4 heterocycles. The molecule has 4 rings (SSSR count). The van der Waals surface area contributed by atoms with Gasteiger partial charge < -0.3 is 9.88 Å². The molecule has 7 heteroatoms. The number of nitrogens with zero attached hydrogens (tertiary/aromatic N) is 4. The molecule has 1 amide bonds. The highest BCUT2D eigenvalue weighted by Crippen LogP contribution is 2.27. The number of aromatic nitrogens is 4. The lowest BCUT2D eigenvalue weighted by atomic mass is 9.92. The number of likely N-dealkylation sites (tertiary alicyclic amines) is 1. The van der Waals surface area contributed by atoms with Crippen LogP contribution in [-0.4, -0.2) is 43.6 Å². The predicted octanol–water partition coefficient (Wildman–Crippen LogP) is 2.22. The minimum absolute atomic E-state index is 0.142. The highest BCUT2D eigenvalue weighted by Gasteiger charge is 2.24. The molecule has 0 saturated carbocycles. The molecular weight excluding hydrogens is 342 g/mol. The third kappa shape index (κ3) is 3.77. The molecule has 3 aromatic rings. The van der Waals surface area contributed by atoms with Gasteiger partial charge in [0.1, 0.15) is 5.52 Å². The van der Waals surface area contributed by atoms with Gasteiger partial charge in [0.25, 0.3) is 5.56 Å². The summed E-state index contributed by atoms with van der Waals surface area (Å²) in [6.07, 6.45) is 5.71. The summed E-state index contributed by atoms with van der Waals surface area (Å²) in [5, 5.41) is 5.18. The Morgan fingerprint density at radius 1 is 1.30 bits per heavy atom. The minimum Gasteiger partial charge on any atom is -0.343 e. The minimum atomic E-state index is -0.142. The number of rotatable bonds is 4. The van der Waals surface area contributed by atoms with E-state index in [0.717, 1.165) is 42.7 Å². The van der Waals surface area contributed by atoms with E-state index in [0.29, 0.717) is 18.5 Å². The van der Waals surface area contributed by atoms with Crippen LogP contribution < -0.4 is 5.56 Å². The van der Waals surface area contributed by atoms with Gasteiger partial charge in [0.05, 0.1) is 5.69 Å². The molecule has 0 spiro atoms. The number of aromatic amines is 1. The maximum Gasteiger partial charge on any atom is 0.274 e. The van der Waals surface area contributed by atoms with Crippen molar-refractivity contribution in [2.45, 2.75) is 38.6 Å². The Balaban J connectivity index is 1.37. The van der Waals surface area contributed by atoms with E-state index in [2.05, 4.69) is 15.1 Å². The van der Waals surface area contributed by atoms with Crippen molar-refractivity contribution < 1.29 is 4.79 Å². The summed E-state index contributed by atoms with van der Waals surface area (Å²) in [6.45, 7) is 3.98. The van der Waals surface area contributed by atoms with Crippen molar-refractivity contribution in [1.82, 2.24) is 24.6 Å². The van der Waals surface area contributed by atoms with Crippen LogP contribution in [0.3, 0.4) is 0 Å². The largest absolute Gasteiger partial charge is 0.343 e. The summed E-state index contributed by atoms with van der Waals surface area (Å²) >= 11 is 0. The molecule has 1 fully saturated rings. The number of carbonyl (C=O) groups is 1. The molecule has 0 aromatic carbocycles. The molecule has 0 aliphatic carbocycles. The highest BCUT2D eigenvalue weighted by atomic mass is 16.2. The average molecular weight is 365 g/mol. The second kappa shape index (κ2) is 7.34. The fourth-order valence-corrected chi connectivity index (χ4v) is 3.73. The van der Waals surface area contributed by atoms with Crippen LogP contribution in [0, 0.1) is 6.92 Å². The van der Waals surface area contributed by atoms with Crippen LogP contribution in [0.25, 0.3) is 10.9 Å². The number of piperidine rings is 1. The van der Waals surface area contributed by atoms with E-state index in [1.54, 1.807) is 6.20 Å². The number of H-pyrrole nitrogens is 1. The second-order valence-corrected chi connectivity index (χ2v) is 7.12. The zero-order chi connectivity index (χ0) is 18.8. The van der Waals surface area contributed by atoms with Crippen molar-refractivity contribution in [2.75, 3.05) is 13.1 Å². The molecular formula is C20H23N5O2. The summed E-state index contributed by atoms with van der Waals surface area (Å²) in [4.78, 5) is 33.8. The summed E-state index contributed by atoms with van der Waals surface area (Å²) in [5.74, 6) is 0.429. The molecule has 27 heavy (non-hydrogen) atoms. The summed E-state index contributed by atoms with van der Waals surface area (Å²) in [5.41, 5.74) is 2.24. The van der Waals surface area contributed by atoms with Crippen molar-refractivity contribution in [3.63, 3.8) is 0 Å². The van der Waals surface area contributed by atoms with Gasteiger partial charge in [-0.3, -0.25) is 19.3 Å². The SMILES string of the molecule is Cc1ccn(CCC(=O)N2CCC(c3cc4cccnc4c(=O)[nH]3)CC2)n1. The number of amides is 1. The number of pyridine rings is 2. The first-order valence-electron chi connectivity index (χ1n) is 9.36. The van der Waals surface area contributed by atoms with Gasteiger partial charge in [0.15, 0.2) is 0 Å². The Hall–Kier alpha value is -2.96. The van der Waals surface area contributed by atoms with Crippen molar-refractivity contribution in [2.24, 2.45) is 0 Å². The lowest BCUT2D eigenvalue weighted by Crippen LogP contribution is -2.38. The number of aryl methyl sites for hydroxylation is 2. The quantitative estimate of drug-likeness (QED) is 0.768. The van der Waals surface area contributed by atoms with Gasteiger partial charge in [-0.05, 0) is 38.0 Å². The van der Waals surface area contributed by atoms with E-state index in [1.807, 2.05) is 47.0 Å². The van der Waals surface area contributed by atoms with E-state index in [4.69, 9.17) is 0 Å². The van der Waals surface area contributed by atoms with E-state index >= 15 is 0 Å². The van der Waals surface area contributed by atoms with Crippen LogP contribution in [0.5, 0.6) is 0 Å². The number of hydrogen-bond donors (Lipinski definition) is 1. The van der Waals surface area contributed by atoms with Crippen LogP contribution in [0.4, 0.5) is 0 Å². The first-order valence-corrected chi connectivity index (χ1v) is 9.36.